The Kier molecular flexibility index (Phi) is 6.52. The maximum absolute atomic E-state index is 14.2. The van der Waals surface area contributed by atoms with Crippen molar-refractivity contribution in [3.63, 3.8) is 0 Å². The lowest BCUT2D eigenvalue weighted by atomic mass is 9.95. The van der Waals surface area contributed by atoms with E-state index in [1.54, 1.807) is 11.9 Å². The summed E-state index contributed by atoms with van der Waals surface area (Å²) in [5.41, 5.74) is 2.58. The molecule has 8 nitrogen and oxygen atoms in total. The molecule has 39 heavy (non-hydrogen) atoms. The summed E-state index contributed by atoms with van der Waals surface area (Å²) < 4.78 is 6.02. The van der Waals surface area contributed by atoms with E-state index in [2.05, 4.69) is 5.32 Å². The van der Waals surface area contributed by atoms with Gasteiger partial charge in [-0.2, -0.15) is 0 Å². The molecule has 3 heterocycles. The molecule has 0 saturated carbocycles. The van der Waals surface area contributed by atoms with Crippen LogP contribution in [0, 0.1) is 0 Å². The Bertz CT molecular complexity index is 1430. The molecule has 1 fully saturated rings. The molecule has 6 rings (SSSR count). The molecule has 3 aromatic rings. The number of amides is 4. The zero-order chi connectivity index (χ0) is 26.9. The maximum Gasteiger partial charge on any atom is 0.322 e. The highest BCUT2D eigenvalue weighted by atomic mass is 16.5. The van der Waals surface area contributed by atoms with Gasteiger partial charge in [-0.25, -0.2) is 4.79 Å². The summed E-state index contributed by atoms with van der Waals surface area (Å²) in [4.78, 5) is 46.0. The fraction of sp³-hybridized carbons (Fsp3) is 0.258. The highest BCUT2D eigenvalue weighted by Crippen LogP contribution is 2.40. The Morgan fingerprint density at radius 2 is 1.56 bits per heavy atom. The average Bonchev–Trinajstić information content (AvgIpc) is 3.62. The summed E-state index contributed by atoms with van der Waals surface area (Å²) in [6.07, 6.45) is 1.92. The molecule has 1 saturated heterocycles. The van der Waals surface area contributed by atoms with Crippen molar-refractivity contribution in [2.75, 3.05) is 26.7 Å². The number of urea groups is 1. The van der Waals surface area contributed by atoms with Crippen LogP contribution in [0.15, 0.2) is 96.2 Å². The third-order valence-electron chi connectivity index (χ3n) is 7.64. The summed E-state index contributed by atoms with van der Waals surface area (Å²) >= 11 is 0. The molecule has 8 heteroatoms. The van der Waals surface area contributed by atoms with Crippen molar-refractivity contribution >= 4 is 17.8 Å². The smallest absolute Gasteiger partial charge is 0.322 e. The number of benzene rings is 3. The third-order valence-corrected chi connectivity index (χ3v) is 7.64. The number of para-hydroxylation sites is 1. The van der Waals surface area contributed by atoms with Crippen molar-refractivity contribution in [3.05, 3.63) is 107 Å². The number of carbonyl (C=O) groups is 3. The molecule has 0 aliphatic carbocycles. The molecule has 198 valence electrons. The summed E-state index contributed by atoms with van der Waals surface area (Å²) in [7, 11) is 1.66. The molecule has 0 radical (unpaired) electrons. The zero-order valence-corrected chi connectivity index (χ0v) is 21.7. The van der Waals surface area contributed by atoms with Gasteiger partial charge < -0.3 is 19.9 Å². The van der Waals surface area contributed by atoms with Gasteiger partial charge in [0.15, 0.2) is 0 Å². The number of rotatable bonds is 6. The first-order valence-corrected chi connectivity index (χ1v) is 13.3. The van der Waals surface area contributed by atoms with Crippen LogP contribution in [0.3, 0.4) is 0 Å². The minimum Gasteiger partial charge on any atom is -0.457 e. The Morgan fingerprint density at radius 1 is 0.897 bits per heavy atom. The second kappa shape index (κ2) is 10.3. The summed E-state index contributed by atoms with van der Waals surface area (Å²) in [5, 5.41) is 2.99. The molecule has 0 aromatic heterocycles. The number of carbonyl (C=O) groups excluding carboxylic acids is 3. The lowest BCUT2D eigenvalue weighted by Gasteiger charge is -2.31. The monoisotopic (exact) mass is 522 g/mol. The Balaban J connectivity index is 1.35. The molecule has 0 unspecified atom stereocenters. The number of likely N-dealkylation sites (N-methyl/N-ethyl adjacent to an activating group) is 1. The Labute approximate surface area is 227 Å². The molecule has 3 aliphatic rings. The summed E-state index contributed by atoms with van der Waals surface area (Å²) in [6, 6.07) is 24.5. The third kappa shape index (κ3) is 4.63. The average molecular weight is 523 g/mol. The van der Waals surface area contributed by atoms with Crippen LogP contribution in [-0.4, -0.2) is 59.2 Å². The van der Waals surface area contributed by atoms with Crippen LogP contribution < -0.4 is 10.1 Å². The largest absolute Gasteiger partial charge is 0.457 e. The first-order chi connectivity index (χ1) is 19.0. The number of likely N-dealkylation sites (tertiary alicyclic amines) is 1. The van der Waals surface area contributed by atoms with Gasteiger partial charge in [-0.05, 0) is 48.2 Å². The van der Waals surface area contributed by atoms with Crippen molar-refractivity contribution < 1.29 is 19.1 Å². The molecule has 3 aromatic carbocycles. The predicted molar refractivity (Wildman–Crippen MR) is 146 cm³/mol. The van der Waals surface area contributed by atoms with Gasteiger partial charge in [-0.1, -0.05) is 60.7 Å². The lowest BCUT2D eigenvalue weighted by Crippen LogP contribution is -2.45. The highest BCUT2D eigenvalue weighted by molar-refractivity contribution is 6.03. The van der Waals surface area contributed by atoms with E-state index in [4.69, 9.17) is 4.74 Å². The van der Waals surface area contributed by atoms with Gasteiger partial charge in [0.05, 0.1) is 23.9 Å². The van der Waals surface area contributed by atoms with Crippen LogP contribution in [0.5, 0.6) is 11.5 Å². The lowest BCUT2D eigenvalue weighted by molar-refractivity contribution is -0.142. The van der Waals surface area contributed by atoms with Gasteiger partial charge in [0.2, 0.25) is 5.91 Å². The van der Waals surface area contributed by atoms with Crippen molar-refractivity contribution in [1.29, 1.82) is 0 Å². The van der Waals surface area contributed by atoms with Gasteiger partial charge >= 0.3 is 6.03 Å². The molecular formula is C31H30N4O4. The fourth-order valence-corrected chi connectivity index (χ4v) is 5.63. The summed E-state index contributed by atoms with van der Waals surface area (Å²) in [6.45, 7) is 1.55. The number of hydrogen-bond acceptors (Lipinski definition) is 4. The Morgan fingerprint density at radius 3 is 2.28 bits per heavy atom. The normalized spacial score (nSPS) is 19.7. The molecule has 4 amide bonds. The van der Waals surface area contributed by atoms with E-state index in [0.717, 1.165) is 24.0 Å². The van der Waals surface area contributed by atoms with Gasteiger partial charge in [0.25, 0.3) is 5.91 Å². The van der Waals surface area contributed by atoms with Gasteiger partial charge in [0.1, 0.15) is 17.5 Å². The van der Waals surface area contributed by atoms with Crippen molar-refractivity contribution in [3.8, 4) is 11.5 Å². The van der Waals surface area contributed by atoms with Crippen LogP contribution >= 0.6 is 0 Å². The van der Waals surface area contributed by atoms with Gasteiger partial charge in [-0.15, -0.1) is 0 Å². The first kappa shape index (κ1) is 24.7. The van der Waals surface area contributed by atoms with Crippen LogP contribution in [0.25, 0.3) is 0 Å². The van der Waals surface area contributed by atoms with E-state index in [1.807, 2.05) is 89.8 Å². The summed E-state index contributed by atoms with van der Waals surface area (Å²) in [5.74, 6) is 0.959. The predicted octanol–water partition coefficient (Wildman–Crippen LogP) is 4.64. The topological polar surface area (TPSA) is 82.2 Å². The number of hydrogen-bond donors (Lipinski definition) is 1. The van der Waals surface area contributed by atoms with Gasteiger partial charge in [0, 0.05) is 20.1 Å². The van der Waals surface area contributed by atoms with Crippen molar-refractivity contribution in [1.82, 2.24) is 20.0 Å². The highest BCUT2D eigenvalue weighted by Gasteiger charge is 2.47. The standard InChI is InChI=1S/C31H30N4O4/c1-33-25-20-35(28(21-11-4-2-5-12-21)30(37)34-17-8-9-18-34)29(36)26(25)27(32-31(33)38)22-13-10-16-24(19-22)39-23-14-6-3-7-15-23/h2-7,10-16,19,27-28H,8-9,17-18,20H2,1H3,(H,32,38)/t27-,28+/m1/s1. The second-order valence-corrected chi connectivity index (χ2v) is 10.1. The van der Waals surface area contributed by atoms with E-state index < -0.39 is 12.1 Å². The number of nitrogens with zero attached hydrogens (tertiary/aromatic N) is 3. The number of ether oxygens (including phenoxy) is 1. The van der Waals surface area contributed by atoms with Crippen LogP contribution in [0.1, 0.15) is 36.1 Å². The molecule has 2 atom stereocenters. The van der Waals surface area contributed by atoms with Gasteiger partial charge in [-0.3, -0.25) is 14.5 Å². The molecule has 3 aliphatic heterocycles. The molecule has 0 spiro atoms. The van der Waals surface area contributed by atoms with E-state index >= 15 is 0 Å². The SMILES string of the molecule is CN1C(=O)N[C@H](c2cccc(Oc3ccccc3)c2)C2=C1CN([C@H](C(=O)N1CCCC1)c1ccccc1)C2=O. The van der Waals surface area contributed by atoms with E-state index in [1.165, 1.54) is 4.90 Å². The Hall–Kier alpha value is -4.59. The minimum atomic E-state index is -0.765. The molecular weight excluding hydrogens is 492 g/mol. The second-order valence-electron chi connectivity index (χ2n) is 10.1. The van der Waals surface area contributed by atoms with Crippen LogP contribution in [0.2, 0.25) is 0 Å². The van der Waals surface area contributed by atoms with E-state index in [0.29, 0.717) is 35.9 Å². The fourth-order valence-electron chi connectivity index (χ4n) is 5.63. The number of nitrogens with one attached hydrogen (secondary N) is 1. The van der Waals surface area contributed by atoms with E-state index in [-0.39, 0.29) is 24.4 Å². The first-order valence-electron chi connectivity index (χ1n) is 13.3. The van der Waals surface area contributed by atoms with Crippen molar-refractivity contribution in [2.24, 2.45) is 0 Å². The van der Waals surface area contributed by atoms with Crippen molar-refractivity contribution in [2.45, 2.75) is 24.9 Å². The van der Waals surface area contributed by atoms with E-state index in [9.17, 15) is 14.4 Å². The maximum atomic E-state index is 14.2. The molecule has 1 N–H and O–H groups in total. The zero-order valence-electron chi connectivity index (χ0n) is 21.7. The van der Waals surface area contributed by atoms with Crippen LogP contribution in [0.4, 0.5) is 4.79 Å². The minimum absolute atomic E-state index is 0.0800. The van der Waals surface area contributed by atoms with Crippen LogP contribution in [-0.2, 0) is 9.59 Å². The quantitative estimate of drug-likeness (QED) is 0.512. The molecule has 0 bridgehead atoms.